The van der Waals surface area contributed by atoms with Gasteiger partial charge < -0.3 is 29.5 Å². The summed E-state index contributed by atoms with van der Waals surface area (Å²) in [6.45, 7) is 15.2. The second-order valence-corrected chi connectivity index (χ2v) is 16.5. The maximum Gasteiger partial charge on any atom is 0.329 e. The molecule has 1 unspecified atom stereocenters. The lowest BCUT2D eigenvalue weighted by Gasteiger charge is -2.25. The molecular formula is C48H61N6O7+. The molecule has 2 heterocycles. The molecule has 2 aliphatic rings. The smallest absolute Gasteiger partial charge is 0.329 e. The van der Waals surface area contributed by atoms with Gasteiger partial charge in [-0.3, -0.25) is 9.59 Å². The van der Waals surface area contributed by atoms with Crippen LogP contribution in [-0.4, -0.2) is 85.3 Å². The van der Waals surface area contributed by atoms with Crippen LogP contribution in [0.25, 0.3) is 10.4 Å². The van der Waals surface area contributed by atoms with E-state index in [1.54, 1.807) is 24.3 Å². The van der Waals surface area contributed by atoms with E-state index in [0.29, 0.717) is 37.1 Å². The number of rotatable bonds is 24. The number of carbonyl (C=O) groups is 3. The molecular weight excluding hydrogens is 773 g/mol. The third-order valence-electron chi connectivity index (χ3n) is 11.4. The fourth-order valence-corrected chi connectivity index (χ4v) is 8.20. The van der Waals surface area contributed by atoms with Gasteiger partial charge in [0.15, 0.2) is 11.9 Å². The van der Waals surface area contributed by atoms with E-state index >= 15 is 0 Å². The average Bonchev–Trinajstić information content (AvgIpc) is 3.58. The number of ether oxygens (including phenoxy) is 3. The van der Waals surface area contributed by atoms with Crippen LogP contribution in [0.4, 0.5) is 11.4 Å². The standard InChI is InChI=1S/C48H60N6O7/c1-7-53-40-21-11-10-20-38(40)47(3,4)42(53)22-14-23-43-48(5,6)39-30-34(2)24-25-41(39)54(43)27-12-8-9-17-36(55)18-15-26-50-46(58)35-16-13-19-37(31-35)61-32-44(51-52-49)60-29-28-59-33-45(56)57/h10-11,13-14,16,19-25,30-31,44H,7-9,12,15,17-18,26-29,32-33H2,1-6H3,(H-,50,56,57,58)/p+1. The number of unbranched alkanes of at least 4 members (excludes halogenated alkanes) is 2. The molecule has 324 valence electrons. The number of nitrogens with zero attached hydrogens (tertiary/aromatic N) is 5. The summed E-state index contributed by atoms with van der Waals surface area (Å²) < 4.78 is 18.5. The third-order valence-corrected chi connectivity index (χ3v) is 11.4. The monoisotopic (exact) mass is 833 g/mol. The van der Waals surface area contributed by atoms with Crippen LogP contribution < -0.4 is 15.0 Å². The highest BCUT2D eigenvalue weighted by Crippen LogP contribution is 2.47. The predicted octanol–water partition coefficient (Wildman–Crippen LogP) is 9.10. The fraction of sp³-hybridized carbons (Fsp3) is 0.458. The first-order valence-electron chi connectivity index (χ1n) is 21.3. The molecule has 0 bridgehead atoms. The second-order valence-electron chi connectivity index (χ2n) is 16.5. The maximum atomic E-state index is 12.8. The number of hydrogen-bond acceptors (Lipinski definition) is 8. The Hall–Kier alpha value is -5.75. The van der Waals surface area contributed by atoms with Crippen LogP contribution in [0.15, 0.2) is 95.8 Å². The average molecular weight is 834 g/mol. The van der Waals surface area contributed by atoms with Gasteiger partial charge in [0.05, 0.1) is 18.6 Å². The van der Waals surface area contributed by atoms with Gasteiger partial charge in [-0.2, -0.15) is 4.58 Å². The first kappa shape index (κ1) is 46.3. The lowest BCUT2D eigenvalue weighted by Crippen LogP contribution is -2.28. The van der Waals surface area contributed by atoms with E-state index in [2.05, 4.69) is 127 Å². The van der Waals surface area contributed by atoms with Crippen molar-refractivity contribution < 1.29 is 38.3 Å². The molecule has 3 aromatic carbocycles. The number of carboxylic acids is 1. The zero-order valence-corrected chi connectivity index (χ0v) is 36.5. The minimum absolute atomic E-state index is 0.00297. The Bertz CT molecular complexity index is 2190. The number of allylic oxidation sites excluding steroid dienone is 4. The van der Waals surface area contributed by atoms with Gasteiger partial charge in [-0.15, -0.1) is 0 Å². The number of carboxylic acid groups (broad SMARTS) is 1. The molecule has 13 nitrogen and oxygen atoms in total. The van der Waals surface area contributed by atoms with Crippen molar-refractivity contribution in [1.82, 2.24) is 5.32 Å². The van der Waals surface area contributed by atoms with E-state index in [4.69, 9.17) is 24.8 Å². The molecule has 13 heteroatoms. The van der Waals surface area contributed by atoms with Crippen LogP contribution in [0.2, 0.25) is 0 Å². The highest BCUT2D eigenvalue weighted by atomic mass is 16.6. The largest absolute Gasteiger partial charge is 0.491 e. The van der Waals surface area contributed by atoms with Crippen molar-refractivity contribution >= 4 is 34.7 Å². The minimum atomic E-state index is -1.10. The zero-order chi connectivity index (χ0) is 44.0. The van der Waals surface area contributed by atoms with Gasteiger partial charge in [0.2, 0.25) is 5.69 Å². The summed E-state index contributed by atoms with van der Waals surface area (Å²) in [4.78, 5) is 41.4. The van der Waals surface area contributed by atoms with E-state index in [1.807, 2.05) is 0 Å². The van der Waals surface area contributed by atoms with Gasteiger partial charge in [0.25, 0.3) is 5.91 Å². The van der Waals surface area contributed by atoms with Gasteiger partial charge in [-0.1, -0.05) is 60.9 Å². The summed E-state index contributed by atoms with van der Waals surface area (Å²) in [5.41, 5.74) is 18.0. The van der Waals surface area contributed by atoms with Gasteiger partial charge in [0.1, 0.15) is 31.3 Å². The minimum Gasteiger partial charge on any atom is -0.491 e. The highest BCUT2D eigenvalue weighted by molar-refractivity contribution is 6.03. The van der Waals surface area contributed by atoms with Crippen molar-refractivity contribution in [3.05, 3.63) is 123 Å². The van der Waals surface area contributed by atoms with Crippen molar-refractivity contribution in [3.63, 3.8) is 0 Å². The van der Waals surface area contributed by atoms with E-state index in [-0.39, 0.29) is 42.3 Å². The van der Waals surface area contributed by atoms with Crippen LogP contribution in [-0.2, 0) is 29.9 Å². The molecule has 61 heavy (non-hydrogen) atoms. The number of likely N-dealkylation sites (N-methyl/N-ethyl adjacent to an activating group) is 1. The Balaban J connectivity index is 1.07. The van der Waals surface area contributed by atoms with Crippen LogP contribution >= 0.6 is 0 Å². The molecule has 0 spiro atoms. The van der Waals surface area contributed by atoms with Crippen LogP contribution in [0.3, 0.4) is 0 Å². The summed E-state index contributed by atoms with van der Waals surface area (Å²) in [6, 6.07) is 22.0. The number of amides is 1. The Labute approximate surface area is 359 Å². The molecule has 2 N–H and O–H groups in total. The van der Waals surface area contributed by atoms with Gasteiger partial charge in [-0.05, 0) is 94.5 Å². The van der Waals surface area contributed by atoms with E-state index < -0.39 is 18.8 Å². The molecule has 0 fully saturated rings. The van der Waals surface area contributed by atoms with Crippen LogP contribution in [0, 0.1) is 6.92 Å². The van der Waals surface area contributed by atoms with Crippen LogP contribution in [0.1, 0.15) is 100 Å². The molecule has 5 rings (SSSR count). The van der Waals surface area contributed by atoms with E-state index in [1.165, 1.54) is 39.5 Å². The Morgan fingerprint density at radius 1 is 0.951 bits per heavy atom. The quantitative estimate of drug-likeness (QED) is 0.0297. The number of aliphatic carboxylic acids is 1. The fourth-order valence-electron chi connectivity index (χ4n) is 8.20. The summed E-state index contributed by atoms with van der Waals surface area (Å²) >= 11 is 0. The number of aryl methyl sites for hydroxylation is 1. The second kappa shape index (κ2) is 21.7. The van der Waals surface area contributed by atoms with Crippen molar-refractivity contribution in [2.24, 2.45) is 5.11 Å². The lowest BCUT2D eigenvalue weighted by atomic mass is 9.80. The molecule has 0 radical (unpaired) electrons. The molecule has 2 aliphatic heterocycles. The number of fused-ring (bicyclic) bond motifs is 2. The Morgan fingerprint density at radius 2 is 1.74 bits per heavy atom. The first-order valence-corrected chi connectivity index (χ1v) is 21.3. The number of benzene rings is 3. The van der Waals surface area contributed by atoms with Crippen LogP contribution in [0.5, 0.6) is 5.75 Å². The predicted molar refractivity (Wildman–Crippen MR) is 238 cm³/mol. The van der Waals surface area contributed by atoms with Gasteiger partial charge in [0, 0.05) is 77.3 Å². The number of anilines is 1. The highest BCUT2D eigenvalue weighted by Gasteiger charge is 2.44. The SMILES string of the molecule is CCN1/C(=C/C=C/C2=[N+](CCCCCC(=O)CCCNC(=O)c3cccc(OCC(N=[N+]=[N-])OCCOCC(=O)O)c3)c3ccc(C)cc3C2(C)C)C(C)(C)c2ccccc21. The molecule has 1 atom stereocenters. The number of Topliss-reactive ketones (excluding diaryl/α,β-unsaturated/α-hetero) is 1. The topological polar surface area (TPSA) is 166 Å². The third kappa shape index (κ3) is 12.0. The molecule has 0 saturated carbocycles. The first-order chi connectivity index (χ1) is 29.3. The van der Waals surface area contributed by atoms with Crippen molar-refractivity contribution in [1.29, 1.82) is 0 Å². The molecule has 3 aromatic rings. The molecule has 0 aromatic heterocycles. The maximum absolute atomic E-state index is 12.8. The Kier molecular flexibility index (Phi) is 16.5. The van der Waals surface area contributed by atoms with Gasteiger partial charge in [-0.25, -0.2) is 4.79 Å². The van der Waals surface area contributed by atoms with Crippen molar-refractivity contribution in [3.8, 4) is 5.75 Å². The van der Waals surface area contributed by atoms with E-state index in [0.717, 1.165) is 32.4 Å². The van der Waals surface area contributed by atoms with E-state index in [9.17, 15) is 14.4 Å². The molecule has 1 amide bonds. The summed E-state index contributed by atoms with van der Waals surface area (Å²) in [5, 5.41) is 15.0. The number of nitrogens with one attached hydrogen (secondary N) is 1. The zero-order valence-electron chi connectivity index (χ0n) is 36.5. The number of carbonyl (C=O) groups excluding carboxylic acids is 2. The van der Waals surface area contributed by atoms with Gasteiger partial charge >= 0.3 is 5.97 Å². The lowest BCUT2D eigenvalue weighted by molar-refractivity contribution is -0.438. The normalized spacial score (nSPS) is 16.0. The number of para-hydroxylation sites is 1. The molecule has 0 aliphatic carbocycles. The molecule has 0 saturated heterocycles. The summed E-state index contributed by atoms with van der Waals surface area (Å²) in [6.07, 6.45) is 10.0. The summed E-state index contributed by atoms with van der Waals surface area (Å²) in [7, 11) is 0. The van der Waals surface area contributed by atoms with Crippen molar-refractivity contribution in [2.75, 3.05) is 51.0 Å². The van der Waals surface area contributed by atoms with Crippen molar-refractivity contribution in [2.45, 2.75) is 97.1 Å². The number of azide groups is 1. The number of hydrogen-bond donors (Lipinski definition) is 2. The number of ketones is 1. The Morgan fingerprint density at radius 3 is 2.51 bits per heavy atom. The summed E-state index contributed by atoms with van der Waals surface area (Å²) in [5.74, 6) is -0.823.